The van der Waals surface area contributed by atoms with Crippen molar-refractivity contribution in [3.63, 3.8) is 0 Å². The maximum Gasteiger partial charge on any atom is 0.280 e. The second-order valence-electron chi connectivity index (χ2n) is 6.66. The van der Waals surface area contributed by atoms with Gasteiger partial charge in [-0.3, -0.25) is 24.5 Å². The van der Waals surface area contributed by atoms with E-state index in [1.165, 1.54) is 23.0 Å². The summed E-state index contributed by atoms with van der Waals surface area (Å²) in [6, 6.07) is 7.93. The molecule has 4 atom stereocenters. The number of para-hydroxylation sites is 1. The van der Waals surface area contributed by atoms with Gasteiger partial charge in [-0.1, -0.05) is 18.2 Å². The molecule has 1 aliphatic rings. The number of nitro benzene ring substituents is 1. The zero-order valence-corrected chi connectivity index (χ0v) is 16.6. The van der Waals surface area contributed by atoms with E-state index in [9.17, 15) is 25.1 Å². The third kappa shape index (κ3) is 3.87. The first-order valence-electron chi connectivity index (χ1n) is 8.76. The van der Waals surface area contributed by atoms with Gasteiger partial charge < -0.3 is 20.7 Å². The number of nitrogens with zero attached hydrogens (tertiary/aromatic N) is 4. The van der Waals surface area contributed by atoms with E-state index in [-0.39, 0.29) is 29.4 Å². The van der Waals surface area contributed by atoms with Crippen molar-refractivity contribution in [3.05, 3.63) is 57.1 Å². The number of H-pyrrole nitrogens is 1. The number of aliphatic hydroxyl groups excluding tert-OH is 2. The fraction of sp³-hybridized carbons (Fsp3) is 0.353. The fourth-order valence-electron chi connectivity index (χ4n) is 3.11. The molecule has 0 unspecified atom stereocenters. The normalized spacial score (nSPS) is 25.7. The van der Waals surface area contributed by atoms with Crippen molar-refractivity contribution in [3.8, 4) is 0 Å². The molecule has 160 valence electrons. The quantitative estimate of drug-likeness (QED) is 0.215. The van der Waals surface area contributed by atoms with E-state index in [2.05, 4.69) is 27.6 Å². The van der Waals surface area contributed by atoms with E-state index in [0.29, 0.717) is 0 Å². The van der Waals surface area contributed by atoms with Crippen LogP contribution >= 0.6 is 12.6 Å². The lowest BCUT2D eigenvalue weighted by atomic mass is 10.1. The van der Waals surface area contributed by atoms with Crippen molar-refractivity contribution < 1.29 is 19.9 Å². The first kappa shape index (κ1) is 21.7. The second kappa shape index (κ2) is 8.39. The van der Waals surface area contributed by atoms with Crippen LogP contribution in [0.1, 0.15) is 6.92 Å². The first-order chi connectivity index (χ1) is 14.2. The van der Waals surface area contributed by atoms with Crippen LogP contribution in [0.3, 0.4) is 0 Å². The minimum Gasteiger partial charge on any atom is -0.394 e. The van der Waals surface area contributed by atoms with Gasteiger partial charge in [0.15, 0.2) is 16.9 Å². The van der Waals surface area contributed by atoms with E-state index in [1.807, 2.05) is 0 Å². The number of rotatable bonds is 3. The average Bonchev–Trinajstić information content (AvgIpc) is 3.25. The molecule has 1 aromatic carbocycles. The van der Waals surface area contributed by atoms with Gasteiger partial charge in [-0.05, 0) is 6.92 Å². The number of non-ortho nitro benzene ring substituents is 1. The number of benzene rings is 1. The Hall–Kier alpha value is -3.00. The number of ether oxygens (including phenoxy) is 1. The predicted octanol–water partition coefficient (Wildman–Crippen LogP) is 0.0197. The Morgan fingerprint density at radius 3 is 2.63 bits per heavy atom. The molecule has 13 heteroatoms. The monoisotopic (exact) mass is 436 g/mol. The zero-order valence-electron chi connectivity index (χ0n) is 15.7. The van der Waals surface area contributed by atoms with E-state index in [4.69, 9.17) is 10.5 Å². The van der Waals surface area contributed by atoms with Crippen molar-refractivity contribution in [1.29, 1.82) is 0 Å². The number of nitrogens with two attached hydrogens (primary N) is 1. The lowest BCUT2D eigenvalue weighted by Gasteiger charge is -2.29. The Balaban J connectivity index is 0.000000239. The van der Waals surface area contributed by atoms with Crippen LogP contribution in [0.2, 0.25) is 0 Å². The number of anilines is 1. The highest BCUT2D eigenvalue weighted by molar-refractivity contribution is 7.81. The van der Waals surface area contributed by atoms with Crippen LogP contribution < -0.4 is 11.3 Å². The SMILES string of the molecule is C[C@@]1(n2cnc3c(=O)[nH]c(N)nc32)O[C@H](CO)[C@@H](O)[C@H]1S.O=[N+]([O-])c1ccccc1. The first-order valence-corrected chi connectivity index (χ1v) is 9.28. The fourth-order valence-corrected chi connectivity index (χ4v) is 3.49. The Morgan fingerprint density at radius 1 is 1.43 bits per heavy atom. The molecule has 1 saturated heterocycles. The van der Waals surface area contributed by atoms with Crippen LogP contribution in [0.5, 0.6) is 0 Å². The number of aromatic amines is 1. The number of hydrogen-bond acceptors (Lipinski definition) is 10. The summed E-state index contributed by atoms with van der Waals surface area (Å²) in [4.78, 5) is 31.8. The van der Waals surface area contributed by atoms with Crippen LogP contribution in [0.25, 0.3) is 11.2 Å². The number of aliphatic hydroxyl groups is 2. The molecule has 12 nitrogen and oxygen atoms in total. The molecule has 2 aromatic heterocycles. The number of nitro groups is 1. The molecule has 4 rings (SSSR count). The number of aromatic nitrogens is 4. The summed E-state index contributed by atoms with van der Waals surface area (Å²) < 4.78 is 7.20. The number of nitrogens with one attached hydrogen (secondary N) is 1. The minimum atomic E-state index is -1.13. The Kier molecular flexibility index (Phi) is 6.07. The van der Waals surface area contributed by atoms with Gasteiger partial charge in [0, 0.05) is 12.1 Å². The van der Waals surface area contributed by atoms with Crippen LogP contribution in [0, 0.1) is 10.1 Å². The number of imidazole rings is 1. The molecule has 0 bridgehead atoms. The molecule has 3 heterocycles. The lowest BCUT2D eigenvalue weighted by Crippen LogP contribution is -2.39. The molecule has 1 aliphatic heterocycles. The summed E-state index contributed by atoms with van der Waals surface area (Å²) >= 11 is 4.37. The standard InChI is InChI=1S/C11H15N5O4S.C6H5NO2/c1-11(7(21)6(18)4(2-17)20-11)16-3-13-5-8(16)14-10(12)15-9(5)19;8-7(9)6-4-2-1-3-5-6/h3-4,6-7,17-18,21H,2H2,1H3,(H3,12,14,15,19);1-5H/t4-,6-,7-,11-;/m1./s1. The average molecular weight is 436 g/mol. The molecular formula is C17H20N6O6S. The topological polar surface area (TPSA) is 182 Å². The summed E-state index contributed by atoms with van der Waals surface area (Å²) in [5, 5.41) is 28.7. The molecule has 1 fully saturated rings. The number of nitrogen functional groups attached to an aromatic ring is 1. The van der Waals surface area contributed by atoms with Crippen LogP contribution in [0.15, 0.2) is 41.5 Å². The molecule has 0 spiro atoms. The van der Waals surface area contributed by atoms with Gasteiger partial charge in [-0.2, -0.15) is 17.6 Å². The van der Waals surface area contributed by atoms with Crippen LogP contribution in [0.4, 0.5) is 11.6 Å². The van der Waals surface area contributed by atoms with Crippen molar-refractivity contribution in [1.82, 2.24) is 19.5 Å². The highest BCUT2D eigenvalue weighted by atomic mass is 32.1. The van der Waals surface area contributed by atoms with Crippen LogP contribution in [-0.2, 0) is 10.5 Å². The van der Waals surface area contributed by atoms with Gasteiger partial charge in [0.05, 0.1) is 29.2 Å². The summed E-state index contributed by atoms with van der Waals surface area (Å²) in [5.74, 6) is -0.0502. The largest absolute Gasteiger partial charge is 0.394 e. The Labute approximate surface area is 174 Å². The van der Waals surface area contributed by atoms with E-state index >= 15 is 0 Å². The summed E-state index contributed by atoms with van der Waals surface area (Å²) in [7, 11) is 0. The van der Waals surface area contributed by atoms with E-state index < -0.39 is 33.7 Å². The van der Waals surface area contributed by atoms with E-state index in [1.54, 1.807) is 25.1 Å². The predicted molar refractivity (Wildman–Crippen MR) is 110 cm³/mol. The lowest BCUT2D eigenvalue weighted by molar-refractivity contribution is -0.384. The molecule has 5 N–H and O–H groups in total. The maximum absolute atomic E-state index is 11.8. The third-order valence-corrected chi connectivity index (χ3v) is 5.48. The van der Waals surface area contributed by atoms with Gasteiger partial charge >= 0.3 is 0 Å². The third-order valence-electron chi connectivity index (χ3n) is 4.69. The smallest absolute Gasteiger partial charge is 0.280 e. The zero-order chi connectivity index (χ0) is 22.1. The number of thiol groups is 1. The molecule has 0 saturated carbocycles. The summed E-state index contributed by atoms with van der Waals surface area (Å²) in [5.41, 5.74) is 4.43. The highest BCUT2D eigenvalue weighted by Crippen LogP contribution is 2.39. The molecular weight excluding hydrogens is 416 g/mol. The molecule has 0 aliphatic carbocycles. The molecule has 0 radical (unpaired) electrons. The van der Waals surface area contributed by atoms with Gasteiger partial charge in [-0.15, -0.1) is 0 Å². The van der Waals surface area contributed by atoms with Gasteiger partial charge in [-0.25, -0.2) is 4.98 Å². The molecule has 30 heavy (non-hydrogen) atoms. The number of fused-ring (bicyclic) bond motifs is 1. The maximum atomic E-state index is 11.8. The number of hydrogen-bond donors (Lipinski definition) is 5. The summed E-state index contributed by atoms with van der Waals surface area (Å²) in [6.07, 6.45) is -0.378. The van der Waals surface area contributed by atoms with Gasteiger partial charge in [0.25, 0.3) is 11.2 Å². The Morgan fingerprint density at radius 2 is 2.10 bits per heavy atom. The van der Waals surface area contributed by atoms with Crippen LogP contribution in [-0.4, -0.2) is 58.7 Å². The minimum absolute atomic E-state index is 0.0502. The highest BCUT2D eigenvalue weighted by Gasteiger charge is 2.51. The van der Waals surface area contributed by atoms with Crippen molar-refractivity contribution >= 4 is 35.4 Å². The molecule has 3 aromatic rings. The van der Waals surface area contributed by atoms with Crippen molar-refractivity contribution in [2.75, 3.05) is 12.3 Å². The Bertz CT molecular complexity index is 1110. The summed E-state index contributed by atoms with van der Waals surface area (Å²) in [6.45, 7) is 1.32. The molecule has 0 amide bonds. The van der Waals surface area contributed by atoms with E-state index in [0.717, 1.165) is 0 Å². The second-order valence-corrected chi connectivity index (χ2v) is 7.22. The van der Waals surface area contributed by atoms with Crippen molar-refractivity contribution in [2.24, 2.45) is 0 Å². The van der Waals surface area contributed by atoms with Gasteiger partial charge in [0.1, 0.15) is 6.10 Å². The van der Waals surface area contributed by atoms with Gasteiger partial charge in [0.2, 0.25) is 5.95 Å². The van der Waals surface area contributed by atoms with Crippen molar-refractivity contribution in [2.45, 2.75) is 30.1 Å².